The van der Waals surface area contributed by atoms with Gasteiger partial charge in [0, 0.05) is 23.9 Å². The summed E-state index contributed by atoms with van der Waals surface area (Å²) in [4.78, 5) is 39.1. The Morgan fingerprint density at radius 3 is 2.77 bits per heavy atom. The van der Waals surface area contributed by atoms with E-state index in [4.69, 9.17) is 0 Å². The number of nitrogens with one attached hydrogen (secondary N) is 2. The molecule has 2 amide bonds. The first-order chi connectivity index (χ1) is 14.5. The van der Waals surface area contributed by atoms with Gasteiger partial charge in [0.15, 0.2) is 5.16 Å². The molecular weight excluding hydrogens is 410 g/mol. The number of aromatic nitrogens is 2. The van der Waals surface area contributed by atoms with Gasteiger partial charge in [0.05, 0.1) is 29.2 Å². The van der Waals surface area contributed by atoms with Gasteiger partial charge in [-0.05, 0) is 18.9 Å². The minimum absolute atomic E-state index is 0.00514. The molecule has 0 spiro atoms. The van der Waals surface area contributed by atoms with E-state index in [-0.39, 0.29) is 42.4 Å². The number of benzene rings is 1. The van der Waals surface area contributed by atoms with Gasteiger partial charge in [-0.2, -0.15) is 0 Å². The molecule has 10 nitrogen and oxygen atoms in total. The summed E-state index contributed by atoms with van der Waals surface area (Å²) in [7, 11) is 0. The Hall–Kier alpha value is -2.92. The molecule has 0 saturated heterocycles. The summed E-state index contributed by atoms with van der Waals surface area (Å²) in [6.07, 6.45) is 5.64. The zero-order chi connectivity index (χ0) is 21.5. The Labute approximate surface area is 177 Å². The Morgan fingerprint density at radius 2 is 2.07 bits per heavy atom. The summed E-state index contributed by atoms with van der Waals surface area (Å²) in [6, 6.07) is 5.86. The van der Waals surface area contributed by atoms with E-state index in [1.807, 2.05) is 0 Å². The lowest BCUT2D eigenvalue weighted by atomic mass is 10.2. The maximum absolute atomic E-state index is 12.4. The third kappa shape index (κ3) is 5.80. The van der Waals surface area contributed by atoms with Crippen molar-refractivity contribution < 1.29 is 19.6 Å². The number of hydrogen-bond donors (Lipinski definition) is 3. The number of aliphatic hydroxyl groups is 1. The molecule has 1 heterocycles. The molecule has 0 atom stereocenters. The SMILES string of the molecule is O=C(CSc1ncc(CO)n1CC(=O)NC1CCCC1)Nc1cccc([N+](=O)[O-])c1. The van der Waals surface area contributed by atoms with E-state index in [1.54, 1.807) is 10.6 Å². The number of carbonyl (C=O) groups excluding carboxylic acids is 2. The van der Waals surface area contributed by atoms with E-state index < -0.39 is 4.92 Å². The predicted molar refractivity (Wildman–Crippen MR) is 111 cm³/mol. The molecule has 1 aromatic carbocycles. The number of hydrogen-bond acceptors (Lipinski definition) is 7. The van der Waals surface area contributed by atoms with Crippen LogP contribution < -0.4 is 10.6 Å². The second-order valence-electron chi connectivity index (χ2n) is 6.97. The van der Waals surface area contributed by atoms with Crippen molar-refractivity contribution in [2.24, 2.45) is 0 Å². The Balaban J connectivity index is 1.58. The number of thioether (sulfide) groups is 1. The summed E-state index contributed by atoms with van der Waals surface area (Å²) in [6.45, 7) is -0.259. The minimum atomic E-state index is -0.533. The molecule has 3 rings (SSSR count). The molecule has 30 heavy (non-hydrogen) atoms. The number of nitro groups is 1. The number of rotatable bonds is 9. The van der Waals surface area contributed by atoms with Gasteiger partial charge in [0.2, 0.25) is 11.8 Å². The first kappa shape index (κ1) is 21.8. The summed E-state index contributed by atoms with van der Waals surface area (Å²) in [5, 5.41) is 26.4. The Bertz CT molecular complexity index is 926. The lowest BCUT2D eigenvalue weighted by Gasteiger charge is -2.14. The number of nitrogens with zero attached hydrogens (tertiary/aromatic N) is 3. The van der Waals surface area contributed by atoms with Crippen LogP contribution >= 0.6 is 11.8 Å². The number of nitro benzene ring substituents is 1. The Kier molecular flexibility index (Phi) is 7.41. The second kappa shape index (κ2) is 10.2. The van der Waals surface area contributed by atoms with Crippen molar-refractivity contribution in [2.75, 3.05) is 11.1 Å². The molecule has 0 radical (unpaired) electrons. The van der Waals surface area contributed by atoms with Crippen molar-refractivity contribution in [3.63, 3.8) is 0 Å². The van der Waals surface area contributed by atoms with Gasteiger partial charge in [-0.3, -0.25) is 19.7 Å². The van der Waals surface area contributed by atoms with Gasteiger partial charge >= 0.3 is 0 Å². The van der Waals surface area contributed by atoms with E-state index in [1.165, 1.54) is 24.4 Å². The molecule has 0 aliphatic heterocycles. The van der Waals surface area contributed by atoms with Crippen LogP contribution in [-0.4, -0.2) is 43.2 Å². The van der Waals surface area contributed by atoms with Crippen molar-refractivity contribution in [2.45, 2.75) is 50.0 Å². The third-order valence-electron chi connectivity index (χ3n) is 4.76. The van der Waals surface area contributed by atoms with Gasteiger partial charge in [-0.15, -0.1) is 0 Å². The number of carbonyl (C=O) groups is 2. The van der Waals surface area contributed by atoms with Gasteiger partial charge in [-0.25, -0.2) is 4.98 Å². The van der Waals surface area contributed by atoms with Crippen molar-refractivity contribution in [3.8, 4) is 0 Å². The summed E-state index contributed by atoms with van der Waals surface area (Å²) < 4.78 is 1.59. The topological polar surface area (TPSA) is 139 Å². The van der Waals surface area contributed by atoms with E-state index in [9.17, 15) is 24.8 Å². The number of aliphatic hydroxyl groups excluding tert-OH is 1. The van der Waals surface area contributed by atoms with Crippen LogP contribution in [0.1, 0.15) is 31.4 Å². The molecule has 3 N–H and O–H groups in total. The van der Waals surface area contributed by atoms with E-state index in [2.05, 4.69) is 15.6 Å². The van der Waals surface area contributed by atoms with Crippen LogP contribution in [0.3, 0.4) is 0 Å². The lowest BCUT2D eigenvalue weighted by Crippen LogP contribution is -2.35. The predicted octanol–water partition coefficient (Wildman–Crippen LogP) is 2.07. The monoisotopic (exact) mass is 433 g/mol. The average Bonchev–Trinajstić information content (AvgIpc) is 3.36. The molecule has 2 aromatic rings. The maximum atomic E-state index is 12.4. The van der Waals surface area contributed by atoms with Crippen molar-refractivity contribution in [1.82, 2.24) is 14.9 Å². The zero-order valence-corrected chi connectivity index (χ0v) is 17.1. The number of non-ortho nitro benzene ring substituents is 1. The van der Waals surface area contributed by atoms with Crippen molar-refractivity contribution >= 4 is 35.0 Å². The standard InChI is InChI=1S/C19H23N5O5S/c25-11-16-9-20-19(23(16)10-17(26)21-13-4-1-2-5-13)30-12-18(27)22-14-6-3-7-15(8-14)24(28)29/h3,6-9,13,25H,1-2,4-5,10-12H2,(H,21,26)(H,22,27). The van der Waals surface area contributed by atoms with E-state index >= 15 is 0 Å². The first-order valence-corrected chi connectivity index (χ1v) is 10.6. The second-order valence-corrected chi connectivity index (χ2v) is 7.91. The van der Waals surface area contributed by atoms with Crippen LogP contribution in [-0.2, 0) is 22.7 Å². The lowest BCUT2D eigenvalue weighted by molar-refractivity contribution is -0.384. The van der Waals surface area contributed by atoms with Gasteiger partial charge in [0.25, 0.3) is 5.69 Å². The molecule has 0 unspecified atom stereocenters. The maximum Gasteiger partial charge on any atom is 0.271 e. The van der Waals surface area contributed by atoms with Crippen LogP contribution in [0.2, 0.25) is 0 Å². The molecule has 1 aliphatic rings. The summed E-state index contributed by atoms with van der Waals surface area (Å²) in [5.74, 6) is -0.525. The van der Waals surface area contributed by atoms with Gasteiger partial charge in [0.1, 0.15) is 6.54 Å². The number of imidazole rings is 1. The Morgan fingerprint density at radius 1 is 1.30 bits per heavy atom. The summed E-state index contributed by atoms with van der Waals surface area (Å²) in [5.41, 5.74) is 0.695. The van der Waals surface area contributed by atoms with Gasteiger partial charge < -0.3 is 20.3 Å². The average molecular weight is 433 g/mol. The fourth-order valence-electron chi connectivity index (χ4n) is 3.31. The van der Waals surface area contributed by atoms with Crippen LogP contribution in [0.25, 0.3) is 0 Å². The normalized spacial score (nSPS) is 13.9. The first-order valence-electron chi connectivity index (χ1n) is 9.58. The van der Waals surface area contributed by atoms with Crippen LogP contribution in [0.5, 0.6) is 0 Å². The van der Waals surface area contributed by atoms with E-state index in [0.29, 0.717) is 16.5 Å². The minimum Gasteiger partial charge on any atom is -0.390 e. The quantitative estimate of drug-likeness (QED) is 0.312. The van der Waals surface area contributed by atoms with E-state index in [0.717, 1.165) is 37.4 Å². The summed E-state index contributed by atoms with van der Waals surface area (Å²) >= 11 is 1.12. The highest BCUT2D eigenvalue weighted by atomic mass is 32.2. The highest BCUT2D eigenvalue weighted by Crippen LogP contribution is 2.22. The fraction of sp³-hybridized carbons (Fsp3) is 0.421. The highest BCUT2D eigenvalue weighted by Gasteiger charge is 2.20. The molecule has 0 bridgehead atoms. The van der Waals surface area contributed by atoms with Crippen molar-refractivity contribution in [3.05, 3.63) is 46.3 Å². The number of amides is 2. The fourth-order valence-corrected chi connectivity index (χ4v) is 4.11. The molecule has 1 aliphatic carbocycles. The number of anilines is 1. The smallest absolute Gasteiger partial charge is 0.271 e. The van der Waals surface area contributed by atoms with Crippen molar-refractivity contribution in [1.29, 1.82) is 0 Å². The van der Waals surface area contributed by atoms with Crippen LogP contribution in [0, 0.1) is 10.1 Å². The van der Waals surface area contributed by atoms with Gasteiger partial charge in [-0.1, -0.05) is 30.7 Å². The largest absolute Gasteiger partial charge is 0.390 e. The van der Waals surface area contributed by atoms with Crippen LogP contribution in [0.15, 0.2) is 35.6 Å². The third-order valence-corrected chi connectivity index (χ3v) is 5.75. The molecule has 160 valence electrons. The highest BCUT2D eigenvalue weighted by molar-refractivity contribution is 7.99. The molecule has 1 aromatic heterocycles. The molecular formula is C19H23N5O5S. The molecule has 1 fully saturated rings. The molecule has 1 saturated carbocycles. The van der Waals surface area contributed by atoms with Crippen LogP contribution in [0.4, 0.5) is 11.4 Å². The zero-order valence-electron chi connectivity index (χ0n) is 16.2. The molecule has 11 heteroatoms.